The number of methoxy groups -OCH3 is 2. The third kappa shape index (κ3) is 4.20. The van der Waals surface area contributed by atoms with Gasteiger partial charge < -0.3 is 24.3 Å². The van der Waals surface area contributed by atoms with Crippen molar-refractivity contribution in [1.82, 2.24) is 0 Å². The molecule has 1 aliphatic rings. The Hall–Kier alpha value is -3.52. The van der Waals surface area contributed by atoms with Crippen LogP contribution in [0.15, 0.2) is 48.5 Å². The number of hydrogen-bond acceptors (Lipinski definition) is 7. The van der Waals surface area contributed by atoms with E-state index < -0.39 is 18.0 Å². The van der Waals surface area contributed by atoms with Gasteiger partial charge in [0.15, 0.2) is 6.10 Å². The van der Waals surface area contributed by atoms with Crippen LogP contribution in [0.2, 0.25) is 0 Å². The van der Waals surface area contributed by atoms with E-state index in [1.165, 1.54) is 32.5 Å². The van der Waals surface area contributed by atoms with Gasteiger partial charge in [-0.3, -0.25) is 4.79 Å². The molecule has 1 N–H and O–H groups in total. The number of benzene rings is 2. The summed E-state index contributed by atoms with van der Waals surface area (Å²) in [6.07, 6.45) is -1.01. The maximum Gasteiger partial charge on any atom is 0.349 e. The molecule has 0 aliphatic carbocycles. The van der Waals surface area contributed by atoms with E-state index in [0.29, 0.717) is 28.7 Å². The summed E-state index contributed by atoms with van der Waals surface area (Å²) in [4.78, 5) is 26.7. The van der Waals surface area contributed by atoms with Crippen LogP contribution in [0.4, 0.5) is 5.69 Å². The number of anilines is 1. The number of ether oxygens (including phenoxy) is 4. The van der Waals surface area contributed by atoms with E-state index in [9.17, 15) is 9.59 Å². The van der Waals surface area contributed by atoms with Crippen molar-refractivity contribution in [2.45, 2.75) is 19.6 Å². The SMILES string of the molecule is COc1ccc(OC)c(NC(=O)C(C)OC(=O)c2cc3c(s2)-c2ccccc2OC3)c1. The number of carbonyl (C=O) groups excluding carboxylic acids is 2. The zero-order valence-electron chi connectivity index (χ0n) is 17.3. The fraction of sp³-hybridized carbons (Fsp3) is 0.217. The van der Waals surface area contributed by atoms with E-state index in [2.05, 4.69) is 5.32 Å². The zero-order valence-corrected chi connectivity index (χ0v) is 18.1. The van der Waals surface area contributed by atoms with Crippen molar-refractivity contribution < 1.29 is 28.5 Å². The van der Waals surface area contributed by atoms with E-state index in [0.717, 1.165) is 21.8 Å². The normalized spacial score (nSPS) is 12.6. The Morgan fingerprint density at radius 3 is 2.68 bits per heavy atom. The van der Waals surface area contributed by atoms with Crippen molar-refractivity contribution in [3.8, 4) is 27.7 Å². The molecule has 7 nitrogen and oxygen atoms in total. The van der Waals surface area contributed by atoms with E-state index in [-0.39, 0.29) is 0 Å². The molecular weight excluding hydrogens is 418 g/mol. The Bertz CT molecular complexity index is 1140. The first-order chi connectivity index (χ1) is 15.0. The summed E-state index contributed by atoms with van der Waals surface area (Å²) in [5, 5.41) is 2.72. The molecule has 1 atom stereocenters. The molecule has 1 aromatic heterocycles. The standard InChI is InChI=1S/C23H21NO6S/c1-13(22(25)24-17-11-15(27-2)8-9-19(17)28-3)30-23(26)20-10-14-12-29-18-7-5-4-6-16(18)21(14)31-20/h4-11,13H,12H2,1-3H3,(H,24,25). The Morgan fingerprint density at radius 2 is 1.90 bits per heavy atom. The highest BCUT2D eigenvalue weighted by atomic mass is 32.1. The Morgan fingerprint density at radius 1 is 1.10 bits per heavy atom. The van der Waals surface area contributed by atoms with E-state index in [1.54, 1.807) is 24.3 Å². The third-order valence-corrected chi connectivity index (χ3v) is 6.03. The smallest absolute Gasteiger partial charge is 0.349 e. The van der Waals surface area contributed by atoms with Crippen molar-refractivity contribution >= 4 is 28.9 Å². The lowest BCUT2D eigenvalue weighted by atomic mass is 10.1. The summed E-state index contributed by atoms with van der Waals surface area (Å²) < 4.78 is 21.6. The van der Waals surface area contributed by atoms with Crippen LogP contribution in [-0.4, -0.2) is 32.2 Å². The van der Waals surface area contributed by atoms with Gasteiger partial charge in [0, 0.05) is 22.1 Å². The largest absolute Gasteiger partial charge is 0.497 e. The lowest BCUT2D eigenvalue weighted by Crippen LogP contribution is -2.30. The highest BCUT2D eigenvalue weighted by Gasteiger charge is 2.26. The molecule has 1 unspecified atom stereocenters. The van der Waals surface area contributed by atoms with Gasteiger partial charge >= 0.3 is 5.97 Å². The Labute approximate surface area is 183 Å². The van der Waals surface area contributed by atoms with Gasteiger partial charge in [-0.15, -0.1) is 11.3 Å². The number of nitrogens with one attached hydrogen (secondary N) is 1. The molecule has 0 fully saturated rings. The minimum Gasteiger partial charge on any atom is -0.497 e. The summed E-state index contributed by atoms with van der Waals surface area (Å²) in [5.74, 6) is 0.786. The number of thiophene rings is 1. The Balaban J connectivity index is 1.46. The van der Waals surface area contributed by atoms with Gasteiger partial charge in [0.25, 0.3) is 5.91 Å². The van der Waals surface area contributed by atoms with Crippen LogP contribution < -0.4 is 19.5 Å². The van der Waals surface area contributed by atoms with Crippen molar-refractivity contribution in [1.29, 1.82) is 0 Å². The molecule has 4 rings (SSSR count). The van der Waals surface area contributed by atoms with Gasteiger partial charge in [-0.1, -0.05) is 12.1 Å². The lowest BCUT2D eigenvalue weighted by Gasteiger charge is -2.16. The van der Waals surface area contributed by atoms with E-state index in [1.807, 2.05) is 24.3 Å². The highest BCUT2D eigenvalue weighted by molar-refractivity contribution is 7.17. The number of rotatable bonds is 6. The first-order valence-corrected chi connectivity index (χ1v) is 10.4. The van der Waals surface area contributed by atoms with Gasteiger partial charge in [0.1, 0.15) is 28.7 Å². The average molecular weight is 439 g/mol. The topological polar surface area (TPSA) is 83.1 Å². The second-order valence-electron chi connectivity index (χ2n) is 6.85. The second kappa shape index (κ2) is 8.69. The quantitative estimate of drug-likeness (QED) is 0.569. The molecule has 2 aromatic carbocycles. The first-order valence-electron chi connectivity index (χ1n) is 9.59. The minimum absolute atomic E-state index is 0.391. The van der Waals surface area contributed by atoms with E-state index >= 15 is 0 Å². The van der Waals surface area contributed by atoms with Gasteiger partial charge in [-0.25, -0.2) is 4.79 Å². The Kier molecular flexibility index (Phi) is 5.81. The summed E-state index contributed by atoms with van der Waals surface area (Å²) in [7, 11) is 3.03. The van der Waals surface area contributed by atoms with E-state index in [4.69, 9.17) is 18.9 Å². The van der Waals surface area contributed by atoms with Crippen LogP contribution in [0, 0.1) is 0 Å². The van der Waals surface area contributed by atoms with Crippen molar-refractivity contribution in [3.05, 3.63) is 59.0 Å². The van der Waals surface area contributed by atoms with Crippen molar-refractivity contribution in [2.24, 2.45) is 0 Å². The fourth-order valence-corrected chi connectivity index (χ4v) is 4.30. The molecule has 8 heteroatoms. The number of para-hydroxylation sites is 1. The average Bonchev–Trinajstić information content (AvgIpc) is 3.24. The summed E-state index contributed by atoms with van der Waals surface area (Å²) >= 11 is 1.33. The van der Waals surface area contributed by atoms with Crippen LogP contribution in [0.1, 0.15) is 22.2 Å². The molecule has 2 heterocycles. The minimum atomic E-state index is -1.01. The molecule has 1 amide bonds. The molecule has 160 valence electrons. The van der Waals surface area contributed by atoms with Crippen LogP contribution in [0.5, 0.6) is 17.2 Å². The van der Waals surface area contributed by atoms with Crippen molar-refractivity contribution in [3.63, 3.8) is 0 Å². The molecule has 3 aromatic rings. The van der Waals surface area contributed by atoms with Gasteiger partial charge in [0.05, 0.1) is 19.9 Å². The zero-order chi connectivity index (χ0) is 22.0. The second-order valence-corrected chi connectivity index (χ2v) is 7.91. The molecule has 0 bridgehead atoms. The molecule has 0 saturated carbocycles. The van der Waals surface area contributed by atoms with Crippen LogP contribution in [-0.2, 0) is 16.1 Å². The summed E-state index contributed by atoms with van der Waals surface area (Å²) in [5.41, 5.74) is 2.30. The number of esters is 1. The maximum atomic E-state index is 12.7. The monoisotopic (exact) mass is 439 g/mol. The third-order valence-electron chi connectivity index (χ3n) is 4.84. The predicted molar refractivity (Wildman–Crippen MR) is 117 cm³/mol. The number of fused-ring (bicyclic) bond motifs is 3. The highest BCUT2D eigenvalue weighted by Crippen LogP contribution is 2.42. The van der Waals surface area contributed by atoms with Gasteiger partial charge in [-0.2, -0.15) is 0 Å². The number of amides is 1. The number of hydrogen-bond donors (Lipinski definition) is 1. The molecular formula is C23H21NO6S. The fourth-order valence-electron chi connectivity index (χ4n) is 3.22. The van der Waals surface area contributed by atoms with Gasteiger partial charge in [0.2, 0.25) is 0 Å². The predicted octanol–water partition coefficient (Wildman–Crippen LogP) is 4.51. The molecule has 31 heavy (non-hydrogen) atoms. The van der Waals surface area contributed by atoms with Crippen molar-refractivity contribution in [2.75, 3.05) is 19.5 Å². The van der Waals surface area contributed by atoms with Crippen LogP contribution in [0.25, 0.3) is 10.4 Å². The molecule has 0 radical (unpaired) electrons. The number of carbonyl (C=O) groups is 2. The van der Waals surface area contributed by atoms with Crippen LogP contribution in [0.3, 0.4) is 0 Å². The maximum absolute atomic E-state index is 12.7. The molecule has 0 saturated heterocycles. The molecule has 0 spiro atoms. The lowest BCUT2D eigenvalue weighted by molar-refractivity contribution is -0.123. The first kappa shape index (κ1) is 20.7. The van der Waals surface area contributed by atoms with Gasteiger partial charge in [-0.05, 0) is 37.3 Å². The summed E-state index contributed by atoms with van der Waals surface area (Å²) in [6, 6.07) is 14.5. The van der Waals surface area contributed by atoms with Crippen LogP contribution >= 0.6 is 11.3 Å². The molecule has 1 aliphatic heterocycles. The summed E-state index contributed by atoms with van der Waals surface area (Å²) in [6.45, 7) is 1.91.